The molecule has 0 aromatic heterocycles. The third kappa shape index (κ3) is 4.04. The molecule has 1 atom stereocenters. The van der Waals surface area contributed by atoms with Crippen LogP contribution >= 0.6 is 0 Å². The number of nitrogens with two attached hydrogens (primary N) is 1. The van der Waals surface area contributed by atoms with Crippen molar-refractivity contribution in [2.45, 2.75) is 38.2 Å². The fourth-order valence-electron chi connectivity index (χ4n) is 2.12. The third-order valence-corrected chi connectivity index (χ3v) is 3.16. The zero-order valence-corrected chi connectivity index (χ0v) is 10.5. The summed E-state index contributed by atoms with van der Waals surface area (Å²) in [4.78, 5) is 11.7. The summed E-state index contributed by atoms with van der Waals surface area (Å²) in [6.45, 7) is 0.838. The molecule has 1 fully saturated rings. The van der Waals surface area contributed by atoms with Gasteiger partial charge >= 0.3 is 0 Å². The van der Waals surface area contributed by atoms with Gasteiger partial charge in [-0.3, -0.25) is 4.79 Å². The molecule has 1 aromatic rings. The number of hydrogen-bond acceptors (Lipinski definition) is 3. The monoisotopic (exact) mass is 248 g/mol. The van der Waals surface area contributed by atoms with E-state index in [1.807, 2.05) is 12.1 Å². The Labute approximate surface area is 108 Å². The Morgan fingerprint density at radius 2 is 2.11 bits per heavy atom. The Kier molecular flexibility index (Phi) is 4.59. The highest BCUT2D eigenvalue weighted by atomic mass is 16.5. The summed E-state index contributed by atoms with van der Waals surface area (Å²) in [6.07, 6.45) is 5.01. The number of amides is 1. The summed E-state index contributed by atoms with van der Waals surface area (Å²) in [7, 11) is 0. The molecule has 1 saturated heterocycles. The first-order valence-corrected chi connectivity index (χ1v) is 6.51. The van der Waals surface area contributed by atoms with Crippen LogP contribution in [-0.2, 0) is 9.53 Å². The lowest BCUT2D eigenvalue weighted by Gasteiger charge is -2.22. The van der Waals surface area contributed by atoms with Gasteiger partial charge in [-0.25, -0.2) is 0 Å². The van der Waals surface area contributed by atoms with Crippen LogP contribution in [0.4, 0.5) is 11.4 Å². The minimum Gasteiger partial charge on any atom is -0.399 e. The first kappa shape index (κ1) is 12.9. The second-order valence-electron chi connectivity index (χ2n) is 4.70. The SMILES string of the molecule is Nc1ccc(NC(=O)CCC2CCCCO2)cc1. The zero-order valence-electron chi connectivity index (χ0n) is 10.5. The predicted octanol–water partition coefficient (Wildman–Crippen LogP) is 2.56. The van der Waals surface area contributed by atoms with E-state index in [1.165, 1.54) is 6.42 Å². The fourth-order valence-corrected chi connectivity index (χ4v) is 2.12. The number of ether oxygens (including phenoxy) is 1. The number of carbonyl (C=O) groups is 1. The van der Waals surface area contributed by atoms with Crippen molar-refractivity contribution in [3.05, 3.63) is 24.3 Å². The van der Waals surface area contributed by atoms with Gasteiger partial charge in [0.25, 0.3) is 0 Å². The molecular weight excluding hydrogens is 228 g/mol. The molecule has 4 nitrogen and oxygen atoms in total. The molecule has 1 amide bonds. The Morgan fingerprint density at radius 3 is 2.78 bits per heavy atom. The van der Waals surface area contributed by atoms with Gasteiger partial charge in [-0.05, 0) is 49.9 Å². The van der Waals surface area contributed by atoms with E-state index in [0.29, 0.717) is 12.1 Å². The second-order valence-corrected chi connectivity index (χ2v) is 4.70. The van der Waals surface area contributed by atoms with E-state index in [1.54, 1.807) is 12.1 Å². The molecule has 4 heteroatoms. The highest BCUT2D eigenvalue weighted by Gasteiger charge is 2.15. The van der Waals surface area contributed by atoms with Crippen molar-refractivity contribution in [3.63, 3.8) is 0 Å². The summed E-state index contributed by atoms with van der Waals surface area (Å²) >= 11 is 0. The van der Waals surface area contributed by atoms with Crippen LogP contribution in [0, 0.1) is 0 Å². The highest BCUT2D eigenvalue weighted by molar-refractivity contribution is 5.90. The van der Waals surface area contributed by atoms with E-state index in [-0.39, 0.29) is 12.0 Å². The predicted molar refractivity (Wildman–Crippen MR) is 72.3 cm³/mol. The average molecular weight is 248 g/mol. The fraction of sp³-hybridized carbons (Fsp3) is 0.500. The van der Waals surface area contributed by atoms with Crippen LogP contribution < -0.4 is 11.1 Å². The maximum Gasteiger partial charge on any atom is 0.224 e. The average Bonchev–Trinajstić information content (AvgIpc) is 2.40. The summed E-state index contributed by atoms with van der Waals surface area (Å²) in [6, 6.07) is 7.18. The topological polar surface area (TPSA) is 64.3 Å². The number of rotatable bonds is 4. The molecule has 1 aromatic carbocycles. The summed E-state index contributed by atoms with van der Waals surface area (Å²) < 4.78 is 5.60. The van der Waals surface area contributed by atoms with Gasteiger partial charge in [-0.15, -0.1) is 0 Å². The molecular formula is C14H20N2O2. The Balaban J connectivity index is 1.73. The molecule has 98 valence electrons. The van der Waals surface area contributed by atoms with Crippen molar-refractivity contribution in [2.24, 2.45) is 0 Å². The summed E-state index contributed by atoms with van der Waals surface area (Å²) in [5, 5.41) is 2.86. The van der Waals surface area contributed by atoms with Crippen LogP contribution in [0.25, 0.3) is 0 Å². The van der Waals surface area contributed by atoms with Crippen molar-refractivity contribution < 1.29 is 9.53 Å². The van der Waals surface area contributed by atoms with Crippen molar-refractivity contribution in [1.82, 2.24) is 0 Å². The van der Waals surface area contributed by atoms with E-state index >= 15 is 0 Å². The van der Waals surface area contributed by atoms with Gasteiger partial charge in [0.05, 0.1) is 6.10 Å². The minimum absolute atomic E-state index is 0.0361. The number of hydrogen-bond donors (Lipinski definition) is 2. The van der Waals surface area contributed by atoms with Crippen LogP contribution in [-0.4, -0.2) is 18.6 Å². The first-order chi connectivity index (χ1) is 8.74. The molecule has 0 spiro atoms. The van der Waals surface area contributed by atoms with Gasteiger partial charge in [-0.2, -0.15) is 0 Å². The van der Waals surface area contributed by atoms with Gasteiger partial charge in [-0.1, -0.05) is 0 Å². The molecule has 0 saturated carbocycles. The number of nitrogen functional groups attached to an aromatic ring is 1. The third-order valence-electron chi connectivity index (χ3n) is 3.16. The summed E-state index contributed by atoms with van der Waals surface area (Å²) in [5.41, 5.74) is 7.07. The maximum absolute atomic E-state index is 11.7. The van der Waals surface area contributed by atoms with Crippen LogP contribution in [0.3, 0.4) is 0 Å². The summed E-state index contributed by atoms with van der Waals surface area (Å²) in [5.74, 6) is 0.0361. The lowest BCUT2D eigenvalue weighted by Crippen LogP contribution is -2.21. The standard InChI is InChI=1S/C14H20N2O2/c15-11-4-6-12(7-5-11)16-14(17)9-8-13-3-1-2-10-18-13/h4-7,13H,1-3,8-10,15H2,(H,16,17). The van der Waals surface area contributed by atoms with Gasteiger partial charge in [0.15, 0.2) is 0 Å². The van der Waals surface area contributed by atoms with Gasteiger partial charge in [0.1, 0.15) is 0 Å². The van der Waals surface area contributed by atoms with E-state index in [0.717, 1.165) is 31.6 Å². The van der Waals surface area contributed by atoms with Gasteiger partial charge in [0, 0.05) is 24.4 Å². The van der Waals surface area contributed by atoms with Crippen molar-refractivity contribution in [2.75, 3.05) is 17.7 Å². The molecule has 0 bridgehead atoms. The van der Waals surface area contributed by atoms with Crippen LogP contribution in [0.1, 0.15) is 32.1 Å². The van der Waals surface area contributed by atoms with Gasteiger partial charge in [0.2, 0.25) is 5.91 Å². The number of nitrogens with one attached hydrogen (secondary N) is 1. The first-order valence-electron chi connectivity index (χ1n) is 6.51. The highest BCUT2D eigenvalue weighted by Crippen LogP contribution is 2.17. The van der Waals surface area contributed by atoms with Crippen LogP contribution in [0.15, 0.2) is 24.3 Å². The largest absolute Gasteiger partial charge is 0.399 e. The zero-order chi connectivity index (χ0) is 12.8. The lowest BCUT2D eigenvalue weighted by atomic mass is 10.0. The molecule has 1 heterocycles. The lowest BCUT2D eigenvalue weighted by molar-refractivity contribution is -0.117. The molecule has 3 N–H and O–H groups in total. The van der Waals surface area contributed by atoms with Crippen molar-refractivity contribution in [1.29, 1.82) is 0 Å². The van der Waals surface area contributed by atoms with Crippen molar-refractivity contribution >= 4 is 17.3 Å². The van der Waals surface area contributed by atoms with E-state index in [4.69, 9.17) is 10.5 Å². The van der Waals surface area contributed by atoms with E-state index in [9.17, 15) is 4.79 Å². The van der Waals surface area contributed by atoms with Crippen molar-refractivity contribution in [3.8, 4) is 0 Å². The molecule has 1 aliphatic rings. The molecule has 18 heavy (non-hydrogen) atoms. The Hall–Kier alpha value is -1.55. The molecule has 2 rings (SSSR count). The smallest absolute Gasteiger partial charge is 0.224 e. The van der Waals surface area contributed by atoms with Crippen LogP contribution in [0.2, 0.25) is 0 Å². The maximum atomic E-state index is 11.7. The minimum atomic E-state index is 0.0361. The Morgan fingerprint density at radius 1 is 1.33 bits per heavy atom. The number of benzene rings is 1. The number of carbonyl (C=O) groups excluding carboxylic acids is 1. The molecule has 0 aliphatic carbocycles. The second kappa shape index (κ2) is 6.40. The van der Waals surface area contributed by atoms with Gasteiger partial charge < -0.3 is 15.8 Å². The number of anilines is 2. The molecule has 1 unspecified atom stereocenters. The molecule has 1 aliphatic heterocycles. The van der Waals surface area contributed by atoms with E-state index in [2.05, 4.69) is 5.32 Å². The molecule has 0 radical (unpaired) electrons. The quantitative estimate of drug-likeness (QED) is 0.805. The van der Waals surface area contributed by atoms with Crippen LogP contribution in [0.5, 0.6) is 0 Å². The Bertz CT molecular complexity index is 383. The normalized spacial score (nSPS) is 19.4. The van der Waals surface area contributed by atoms with E-state index < -0.39 is 0 Å².